The predicted octanol–water partition coefficient (Wildman–Crippen LogP) is 7.24. The lowest BCUT2D eigenvalue weighted by Gasteiger charge is -2.46. The maximum Gasteiger partial charge on any atom is 0.421 e. The number of fused-ring (bicyclic) bond motifs is 4. The molecule has 0 aliphatic carbocycles. The van der Waals surface area contributed by atoms with E-state index in [1.54, 1.807) is 48.5 Å². The molecule has 3 aliphatic heterocycles. The van der Waals surface area contributed by atoms with E-state index in [1.165, 1.54) is 41.7 Å². The normalized spacial score (nSPS) is 20.8. The van der Waals surface area contributed by atoms with Crippen LogP contribution in [0.2, 0.25) is 0 Å². The zero-order valence-corrected chi connectivity index (χ0v) is 39.3. The molecule has 366 valence electrons. The first-order valence-electron chi connectivity index (χ1n) is 23.0. The van der Waals surface area contributed by atoms with Gasteiger partial charge in [0.1, 0.15) is 36.5 Å². The van der Waals surface area contributed by atoms with Gasteiger partial charge in [0.15, 0.2) is 5.13 Å². The van der Waals surface area contributed by atoms with Crippen molar-refractivity contribution in [2.24, 2.45) is 11.7 Å². The van der Waals surface area contributed by atoms with Crippen LogP contribution in [0.25, 0.3) is 10.2 Å². The first-order chi connectivity index (χ1) is 35.5. The Bertz CT molecular complexity index is 3330. The third-order valence-corrected chi connectivity index (χ3v) is 14.1. The number of benzene rings is 6. The van der Waals surface area contributed by atoms with E-state index in [9.17, 15) is 24.8 Å². The average Bonchev–Trinajstić information content (AvgIpc) is 4.05. The highest BCUT2D eigenvalue weighted by molar-refractivity contribution is 7.22. The molecule has 5 amide bonds. The molecule has 6 atom stereocenters. The summed E-state index contributed by atoms with van der Waals surface area (Å²) < 4.78 is 19.5. The Morgan fingerprint density at radius 3 is 2.29 bits per heavy atom. The lowest BCUT2D eigenvalue weighted by molar-refractivity contribution is -0.384. The fraction of sp³-hybridized carbons (Fsp3) is 0.185. The SMILES string of the molecule is NC(=O)NCC#Cc1ccc2c(c1)[C@]1(C(=O)N2C(=O)OCc2ccc([N+](=O)[O-])cc2)[C@H](C(=O)Nc2nc3ccccc3s2)[C@H]2C(=O)O[C@H](c3ccccc3)[C@H](c3ccccc3)N2[C@@H]1c1ccccc1OCCO. The van der Waals surface area contributed by atoms with Crippen LogP contribution in [-0.4, -0.2) is 75.6 Å². The van der Waals surface area contributed by atoms with E-state index in [1.807, 2.05) is 77.7 Å². The summed E-state index contributed by atoms with van der Waals surface area (Å²) in [4.78, 5) is 93.0. The Balaban J connectivity index is 1.25. The second kappa shape index (κ2) is 20.0. The molecule has 19 heteroatoms. The van der Waals surface area contributed by atoms with E-state index in [0.717, 1.165) is 9.60 Å². The third kappa shape index (κ3) is 8.73. The highest BCUT2D eigenvalue weighted by Gasteiger charge is 2.76. The molecule has 3 aliphatic rings. The number of ether oxygens (including phenoxy) is 3. The second-order valence-corrected chi connectivity index (χ2v) is 18.3. The Labute approximate surface area is 420 Å². The number of aromatic nitrogens is 1. The van der Waals surface area contributed by atoms with E-state index in [2.05, 4.69) is 22.5 Å². The van der Waals surface area contributed by atoms with Crippen molar-refractivity contribution < 1.29 is 48.2 Å². The van der Waals surface area contributed by atoms with Crippen LogP contribution in [0.5, 0.6) is 5.75 Å². The molecule has 2 saturated heterocycles. The summed E-state index contributed by atoms with van der Waals surface area (Å²) in [6.07, 6.45) is -2.19. The summed E-state index contributed by atoms with van der Waals surface area (Å²) in [5.41, 5.74) is 5.81. The number of imide groups is 1. The Morgan fingerprint density at radius 1 is 0.877 bits per heavy atom. The van der Waals surface area contributed by atoms with E-state index in [0.29, 0.717) is 33.3 Å². The van der Waals surface area contributed by atoms with E-state index in [4.69, 9.17) is 24.9 Å². The number of thiazole rings is 1. The number of nitrogens with two attached hydrogens (primary N) is 1. The molecular formula is C54H43N7O11S. The molecule has 5 N–H and O–H groups in total. The number of rotatable bonds is 12. The van der Waals surface area contributed by atoms with Gasteiger partial charge in [0.2, 0.25) is 11.8 Å². The lowest BCUT2D eigenvalue weighted by atomic mass is 9.65. The minimum atomic E-state index is -2.27. The first-order valence-corrected chi connectivity index (χ1v) is 23.8. The molecule has 0 saturated carbocycles. The van der Waals surface area contributed by atoms with Crippen LogP contribution in [0, 0.1) is 27.9 Å². The standard InChI is InChI=1S/C54H43N7O11S/c55-51(66)56-27-11-12-32-23-26-40-38(30-32)54(50(65)59(40)53(67)71-31-33-21-24-36(25-22-33)61(68)69)43(48(63)58-52-57-39-18-8-10-20-42(39)73-52)45-49(64)72-46(35-15-5-2-6-16-35)44(34-13-3-1-4-14-34)60(45)47(54)37-17-7-9-19-41(37)70-29-28-62/h1-10,13-26,30,43-47,62H,27-29,31H2,(H3,55,56,66)(H,57,58,63)/t43-,44-,45-,46+,47+,54-/m0/s1. The maximum atomic E-state index is 16.7. The van der Waals surface area contributed by atoms with E-state index < -0.39 is 77.0 Å². The van der Waals surface area contributed by atoms with Crippen LogP contribution in [0.4, 0.5) is 26.1 Å². The maximum absolute atomic E-state index is 16.7. The highest BCUT2D eigenvalue weighted by Crippen LogP contribution is 2.67. The van der Waals surface area contributed by atoms with Crippen molar-refractivity contribution in [1.29, 1.82) is 0 Å². The van der Waals surface area contributed by atoms with Gasteiger partial charge in [0, 0.05) is 23.3 Å². The molecule has 2 fully saturated rings. The van der Waals surface area contributed by atoms with Crippen LogP contribution < -0.4 is 26.0 Å². The number of nitrogens with zero attached hydrogens (tertiary/aromatic N) is 4. The fourth-order valence-corrected chi connectivity index (χ4v) is 11.1. The molecule has 0 radical (unpaired) electrons. The topological polar surface area (TPSA) is 246 Å². The number of morpholine rings is 1. The summed E-state index contributed by atoms with van der Waals surface area (Å²) in [6, 6.07) is 37.6. The number of anilines is 2. The van der Waals surface area contributed by atoms with E-state index in [-0.39, 0.29) is 47.6 Å². The van der Waals surface area contributed by atoms with Gasteiger partial charge in [-0.25, -0.2) is 19.5 Å². The predicted molar refractivity (Wildman–Crippen MR) is 267 cm³/mol. The van der Waals surface area contributed by atoms with Crippen LogP contribution in [0.3, 0.4) is 0 Å². The Morgan fingerprint density at radius 2 is 1.58 bits per heavy atom. The van der Waals surface area contributed by atoms with Gasteiger partial charge in [0.05, 0.1) is 52.0 Å². The zero-order valence-electron chi connectivity index (χ0n) is 38.5. The number of carbonyl (C=O) groups is 5. The number of para-hydroxylation sites is 2. The summed E-state index contributed by atoms with van der Waals surface area (Å²) in [6.45, 7) is -1.13. The fourth-order valence-electron chi connectivity index (χ4n) is 10.2. The van der Waals surface area contributed by atoms with Crippen LogP contribution in [0.1, 0.15) is 51.6 Å². The van der Waals surface area contributed by atoms with Gasteiger partial charge in [0.25, 0.3) is 5.69 Å². The monoisotopic (exact) mass is 997 g/mol. The number of urea groups is 1. The van der Waals surface area contributed by atoms with Crippen molar-refractivity contribution in [3.63, 3.8) is 0 Å². The summed E-state index contributed by atoms with van der Waals surface area (Å²) in [5, 5.41) is 27.1. The molecular weight excluding hydrogens is 955 g/mol. The van der Waals surface area contributed by atoms with Crippen molar-refractivity contribution in [3.8, 4) is 17.6 Å². The molecule has 7 aromatic rings. The number of nitro groups is 1. The van der Waals surface area contributed by atoms with Gasteiger partial charge in [-0.05, 0) is 70.8 Å². The van der Waals surface area contributed by atoms with Crippen LogP contribution >= 0.6 is 11.3 Å². The number of hydrogen-bond acceptors (Lipinski definition) is 14. The molecule has 73 heavy (non-hydrogen) atoms. The van der Waals surface area contributed by atoms with Gasteiger partial charge >= 0.3 is 18.1 Å². The quantitative estimate of drug-likeness (QED) is 0.0409. The number of aliphatic hydroxyl groups excluding tert-OH is 1. The van der Waals surface area contributed by atoms with Crippen molar-refractivity contribution in [3.05, 3.63) is 195 Å². The Kier molecular flexibility index (Phi) is 13.1. The van der Waals surface area contributed by atoms with Gasteiger partial charge in [-0.2, -0.15) is 0 Å². The van der Waals surface area contributed by atoms with Gasteiger partial charge in [-0.1, -0.05) is 114 Å². The zero-order chi connectivity index (χ0) is 50.8. The number of aliphatic hydroxyl groups is 1. The van der Waals surface area contributed by atoms with Crippen LogP contribution in [0.15, 0.2) is 152 Å². The average molecular weight is 998 g/mol. The van der Waals surface area contributed by atoms with Gasteiger partial charge in [-0.15, -0.1) is 0 Å². The lowest BCUT2D eigenvalue weighted by Crippen LogP contribution is -2.54. The number of hydrogen-bond donors (Lipinski definition) is 4. The number of esters is 1. The molecule has 0 unspecified atom stereocenters. The summed E-state index contributed by atoms with van der Waals surface area (Å²) in [5.74, 6) is 1.72. The molecule has 4 heterocycles. The van der Waals surface area contributed by atoms with Gasteiger partial charge < -0.3 is 35.7 Å². The molecule has 1 aromatic heterocycles. The van der Waals surface area contributed by atoms with Crippen LogP contribution in [-0.2, 0) is 35.9 Å². The minimum Gasteiger partial charge on any atom is -0.491 e. The first kappa shape index (κ1) is 47.7. The van der Waals surface area contributed by atoms with Crippen molar-refractivity contribution >= 4 is 68.0 Å². The third-order valence-electron chi connectivity index (χ3n) is 13.1. The van der Waals surface area contributed by atoms with Gasteiger partial charge in [-0.3, -0.25) is 29.4 Å². The van der Waals surface area contributed by atoms with E-state index >= 15 is 14.4 Å². The minimum absolute atomic E-state index is 0.000130. The highest BCUT2D eigenvalue weighted by atomic mass is 32.1. The number of cyclic esters (lactones) is 1. The molecule has 1 spiro atoms. The molecule has 6 aromatic carbocycles. The molecule has 0 bridgehead atoms. The number of carbonyl (C=O) groups excluding carboxylic acids is 5. The number of nitrogens with one attached hydrogen (secondary N) is 2. The van der Waals surface area contributed by atoms with Crippen molar-refractivity contribution in [1.82, 2.24) is 15.2 Å². The summed E-state index contributed by atoms with van der Waals surface area (Å²) in [7, 11) is 0. The smallest absolute Gasteiger partial charge is 0.421 e. The van der Waals surface area contributed by atoms with Crippen molar-refractivity contribution in [2.75, 3.05) is 30.0 Å². The number of nitro benzene ring substituents is 1. The molecule has 10 rings (SSSR count). The Hall–Kier alpha value is -8.96. The largest absolute Gasteiger partial charge is 0.491 e. The molecule has 18 nitrogen and oxygen atoms in total. The number of non-ortho nitro benzene ring substituents is 1. The van der Waals surface area contributed by atoms with Crippen molar-refractivity contribution in [2.45, 2.75) is 36.3 Å². The summed E-state index contributed by atoms with van der Waals surface area (Å²) >= 11 is 1.18. The second-order valence-electron chi connectivity index (χ2n) is 17.2. The number of amides is 5. The number of primary amides is 1.